The lowest BCUT2D eigenvalue weighted by Crippen LogP contribution is -2.57. The van der Waals surface area contributed by atoms with Crippen molar-refractivity contribution in [2.24, 2.45) is 23.7 Å². The third-order valence-corrected chi connectivity index (χ3v) is 8.54. The van der Waals surface area contributed by atoms with Crippen molar-refractivity contribution in [3.63, 3.8) is 0 Å². The number of carbonyl (C=O) groups excluding carboxylic acids is 3. The van der Waals surface area contributed by atoms with Gasteiger partial charge in [-0.15, -0.1) is 0 Å². The van der Waals surface area contributed by atoms with E-state index in [4.69, 9.17) is 4.74 Å². The Kier molecular flexibility index (Phi) is 6.47. The third kappa shape index (κ3) is 4.28. The Morgan fingerprint density at radius 2 is 1.69 bits per heavy atom. The van der Waals surface area contributed by atoms with Crippen LogP contribution in [0.1, 0.15) is 40.0 Å². The van der Waals surface area contributed by atoms with Crippen molar-refractivity contribution >= 4 is 23.5 Å². The molecule has 2 aliphatic heterocycles. The molecule has 2 heterocycles. The zero-order chi connectivity index (χ0) is 24.7. The monoisotopic (exact) mass is 479 g/mol. The van der Waals surface area contributed by atoms with Gasteiger partial charge in [0.1, 0.15) is 5.60 Å². The number of hydrogen-bond donors (Lipinski definition) is 0. The molecule has 3 aliphatic carbocycles. The number of hydrogen-bond acceptors (Lipinski definition) is 6. The van der Waals surface area contributed by atoms with Crippen molar-refractivity contribution < 1.29 is 19.1 Å². The lowest BCUT2D eigenvalue weighted by atomic mass is 9.54. The molecule has 3 unspecified atom stereocenters. The molecule has 5 aliphatic rings. The average molecular weight is 480 g/mol. The highest BCUT2D eigenvalue weighted by molar-refractivity contribution is 6.07. The van der Waals surface area contributed by atoms with Gasteiger partial charge in [0.2, 0.25) is 11.8 Å². The topological polar surface area (TPSA) is 70.2 Å². The molecule has 0 N–H and O–H groups in total. The van der Waals surface area contributed by atoms with Crippen LogP contribution in [0.3, 0.4) is 0 Å². The highest BCUT2D eigenvalue weighted by atomic mass is 16.6. The Morgan fingerprint density at radius 3 is 2.34 bits per heavy atom. The second-order valence-corrected chi connectivity index (χ2v) is 10.8. The molecular weight excluding hydrogens is 442 g/mol. The highest BCUT2D eigenvalue weighted by Gasteiger charge is 2.67. The molecule has 35 heavy (non-hydrogen) atoms. The fourth-order valence-electron chi connectivity index (χ4n) is 7.20. The van der Waals surface area contributed by atoms with E-state index in [-0.39, 0.29) is 23.7 Å². The van der Waals surface area contributed by atoms with Gasteiger partial charge >= 0.3 is 5.97 Å². The molecule has 1 aromatic carbocycles. The maximum absolute atomic E-state index is 13.5. The molecule has 1 aromatic rings. The Balaban J connectivity index is 1.16. The van der Waals surface area contributed by atoms with Crippen LogP contribution in [-0.4, -0.2) is 72.5 Å². The van der Waals surface area contributed by atoms with Crippen LogP contribution < -0.4 is 4.90 Å². The fraction of sp³-hybridized carbons (Fsp3) is 0.607. The van der Waals surface area contributed by atoms with E-state index in [2.05, 4.69) is 41.0 Å². The smallest absolute Gasteiger partial charge is 0.303 e. The first-order valence-corrected chi connectivity index (χ1v) is 13.1. The molecule has 5 atom stereocenters. The van der Waals surface area contributed by atoms with Gasteiger partial charge in [-0.3, -0.25) is 24.2 Å². The normalized spacial score (nSPS) is 32.6. The number of carbonyl (C=O) groups is 3. The Morgan fingerprint density at radius 1 is 1.00 bits per heavy atom. The summed E-state index contributed by atoms with van der Waals surface area (Å²) in [6.07, 6.45) is 4.31. The van der Waals surface area contributed by atoms with Crippen LogP contribution in [0.2, 0.25) is 0 Å². The average Bonchev–Trinajstić information content (AvgIpc) is 3.08. The van der Waals surface area contributed by atoms with E-state index < -0.39 is 23.4 Å². The van der Waals surface area contributed by atoms with E-state index in [1.165, 1.54) is 17.5 Å². The standard InChI is InChI=1S/C28H37N3O4/c1-19-17-28(35-21(3)32)18-20(2)23(19)24-25(28)27(34)31(26(24)33)12-8-7-11-29-13-15-30(16-14-29)22-9-5-4-6-10-22/h4-6,9-10,17,20,23-25H,7-8,11-16,18H2,1-3H3/t20?,23-,24?,25?,28-/m1/s1. The van der Waals surface area contributed by atoms with Crippen molar-refractivity contribution in [3.8, 4) is 0 Å². The predicted octanol–water partition coefficient (Wildman–Crippen LogP) is 3.11. The number of fused-ring (bicyclic) bond motifs is 1. The molecule has 0 spiro atoms. The van der Waals surface area contributed by atoms with E-state index in [0.717, 1.165) is 51.1 Å². The van der Waals surface area contributed by atoms with Gasteiger partial charge in [0.05, 0.1) is 11.8 Å². The Hall–Kier alpha value is -2.67. The van der Waals surface area contributed by atoms with Crippen LogP contribution >= 0.6 is 0 Å². The summed E-state index contributed by atoms with van der Waals surface area (Å²) in [7, 11) is 0. The summed E-state index contributed by atoms with van der Waals surface area (Å²) in [4.78, 5) is 45.2. The molecule has 188 valence electrons. The summed E-state index contributed by atoms with van der Waals surface area (Å²) in [6, 6.07) is 10.5. The summed E-state index contributed by atoms with van der Waals surface area (Å²) in [5.74, 6) is -1.34. The molecule has 2 amide bonds. The minimum Gasteiger partial charge on any atom is -0.454 e. The van der Waals surface area contributed by atoms with Crippen molar-refractivity contribution in [2.75, 3.05) is 44.2 Å². The second-order valence-electron chi connectivity index (χ2n) is 10.8. The van der Waals surface area contributed by atoms with Crippen LogP contribution in [0.25, 0.3) is 0 Å². The van der Waals surface area contributed by atoms with Crippen molar-refractivity contribution in [1.29, 1.82) is 0 Å². The SMILES string of the molecule is CC(=O)O[C@]12C=C(C)[C@H](C(C)C1)C1C(=O)N(CCCCN3CCN(c4ccccc4)CC3)C(=O)C12. The number of anilines is 1. The van der Waals surface area contributed by atoms with Crippen LogP contribution in [0.15, 0.2) is 42.0 Å². The van der Waals surface area contributed by atoms with Gasteiger partial charge in [-0.25, -0.2) is 0 Å². The maximum atomic E-state index is 13.5. The van der Waals surface area contributed by atoms with Gasteiger partial charge in [0, 0.05) is 45.3 Å². The number of ether oxygens (including phenoxy) is 1. The number of piperazine rings is 1. The van der Waals surface area contributed by atoms with Crippen molar-refractivity contribution in [1.82, 2.24) is 9.80 Å². The molecule has 7 nitrogen and oxygen atoms in total. The number of likely N-dealkylation sites (tertiary alicyclic amines) is 1. The van der Waals surface area contributed by atoms with Gasteiger partial charge < -0.3 is 9.64 Å². The van der Waals surface area contributed by atoms with Crippen LogP contribution in [0, 0.1) is 23.7 Å². The molecule has 1 saturated carbocycles. The molecule has 0 aromatic heterocycles. The maximum Gasteiger partial charge on any atom is 0.303 e. The Labute approximate surface area is 208 Å². The molecular formula is C28H37N3O4. The fourth-order valence-corrected chi connectivity index (χ4v) is 7.20. The zero-order valence-electron chi connectivity index (χ0n) is 21.1. The largest absolute Gasteiger partial charge is 0.454 e. The van der Waals surface area contributed by atoms with Gasteiger partial charge in [0.25, 0.3) is 0 Å². The minimum absolute atomic E-state index is 0.0554. The number of para-hydroxylation sites is 1. The van der Waals surface area contributed by atoms with Crippen LogP contribution in [0.4, 0.5) is 5.69 Å². The van der Waals surface area contributed by atoms with Crippen molar-refractivity contribution in [2.45, 2.75) is 45.6 Å². The molecule has 2 saturated heterocycles. The van der Waals surface area contributed by atoms with Crippen LogP contribution in [-0.2, 0) is 19.1 Å². The first-order valence-electron chi connectivity index (χ1n) is 13.1. The van der Waals surface area contributed by atoms with Crippen molar-refractivity contribution in [3.05, 3.63) is 42.0 Å². The summed E-state index contributed by atoms with van der Waals surface area (Å²) >= 11 is 0. The number of benzene rings is 1. The molecule has 7 heteroatoms. The van der Waals surface area contributed by atoms with Crippen LogP contribution in [0.5, 0.6) is 0 Å². The van der Waals surface area contributed by atoms with Gasteiger partial charge in [-0.1, -0.05) is 30.7 Å². The summed E-state index contributed by atoms with van der Waals surface area (Å²) < 4.78 is 5.81. The summed E-state index contributed by atoms with van der Waals surface area (Å²) in [5.41, 5.74) is 1.37. The zero-order valence-corrected chi connectivity index (χ0v) is 21.1. The lowest BCUT2D eigenvalue weighted by molar-refractivity contribution is -0.173. The first kappa shape index (κ1) is 24.0. The molecule has 3 fully saturated rings. The Bertz CT molecular complexity index is 1020. The number of nitrogens with zero attached hydrogens (tertiary/aromatic N) is 3. The van der Waals surface area contributed by atoms with E-state index in [0.29, 0.717) is 13.0 Å². The third-order valence-electron chi connectivity index (χ3n) is 8.54. The number of allylic oxidation sites excluding steroid dienone is 1. The lowest BCUT2D eigenvalue weighted by Gasteiger charge is -2.52. The number of unbranched alkanes of at least 4 members (excludes halogenated alkanes) is 1. The van der Waals surface area contributed by atoms with Gasteiger partial charge in [0.15, 0.2) is 0 Å². The van der Waals surface area contributed by atoms with E-state index in [1.807, 2.05) is 19.1 Å². The highest BCUT2D eigenvalue weighted by Crippen LogP contribution is 2.58. The summed E-state index contributed by atoms with van der Waals surface area (Å²) in [5, 5.41) is 0. The minimum atomic E-state index is -0.978. The summed E-state index contributed by atoms with van der Waals surface area (Å²) in [6.45, 7) is 11.0. The first-order chi connectivity index (χ1) is 16.8. The molecule has 2 bridgehead atoms. The number of amides is 2. The van der Waals surface area contributed by atoms with E-state index in [1.54, 1.807) is 0 Å². The van der Waals surface area contributed by atoms with E-state index >= 15 is 0 Å². The predicted molar refractivity (Wildman–Crippen MR) is 134 cm³/mol. The number of imide groups is 1. The molecule has 0 radical (unpaired) electrons. The quantitative estimate of drug-likeness (QED) is 0.259. The van der Waals surface area contributed by atoms with Gasteiger partial charge in [-0.2, -0.15) is 0 Å². The second kappa shape index (κ2) is 9.41. The van der Waals surface area contributed by atoms with E-state index in [9.17, 15) is 14.4 Å². The number of esters is 1. The molecule has 6 rings (SSSR count). The van der Waals surface area contributed by atoms with Gasteiger partial charge in [-0.05, 0) is 62.8 Å². The number of rotatable bonds is 7.